The first-order valence-corrected chi connectivity index (χ1v) is 10.1. The SMILES string of the molecule is Cc1cc2occ(CC(=O)N(Cc3nc4ccccc4c(=O)[nH]3)C(C)C)c2cc1C. The topological polar surface area (TPSA) is 79.2 Å². The molecule has 0 atom stereocenters. The Labute approximate surface area is 174 Å². The molecule has 0 aliphatic carbocycles. The van der Waals surface area contributed by atoms with Crippen molar-refractivity contribution in [2.75, 3.05) is 0 Å². The molecule has 4 aromatic rings. The lowest BCUT2D eigenvalue weighted by Gasteiger charge is -2.26. The van der Waals surface area contributed by atoms with E-state index in [1.807, 2.05) is 32.9 Å². The zero-order chi connectivity index (χ0) is 21.4. The normalized spacial score (nSPS) is 11.5. The third-order valence-corrected chi connectivity index (χ3v) is 5.54. The van der Waals surface area contributed by atoms with Crippen LogP contribution >= 0.6 is 0 Å². The van der Waals surface area contributed by atoms with Crippen molar-refractivity contribution in [1.29, 1.82) is 0 Å². The van der Waals surface area contributed by atoms with E-state index in [4.69, 9.17) is 4.42 Å². The number of nitrogens with one attached hydrogen (secondary N) is 1. The second kappa shape index (κ2) is 7.78. The number of carbonyl (C=O) groups is 1. The Morgan fingerprint density at radius 3 is 2.63 bits per heavy atom. The van der Waals surface area contributed by atoms with Crippen LogP contribution in [0.25, 0.3) is 21.9 Å². The van der Waals surface area contributed by atoms with Crippen molar-refractivity contribution in [2.45, 2.75) is 46.7 Å². The van der Waals surface area contributed by atoms with Gasteiger partial charge in [-0.3, -0.25) is 9.59 Å². The van der Waals surface area contributed by atoms with Gasteiger partial charge in [-0.05, 0) is 63.1 Å². The summed E-state index contributed by atoms with van der Waals surface area (Å²) in [5.41, 5.74) is 4.40. The molecule has 0 spiro atoms. The van der Waals surface area contributed by atoms with E-state index in [0.29, 0.717) is 16.7 Å². The number of nitrogens with zero attached hydrogens (tertiary/aromatic N) is 2. The number of fused-ring (bicyclic) bond motifs is 2. The molecular weight excluding hydrogens is 378 g/mol. The van der Waals surface area contributed by atoms with Gasteiger partial charge in [0, 0.05) is 17.0 Å². The van der Waals surface area contributed by atoms with Gasteiger partial charge in [0.1, 0.15) is 11.4 Å². The van der Waals surface area contributed by atoms with Crippen molar-refractivity contribution in [2.24, 2.45) is 0 Å². The fourth-order valence-corrected chi connectivity index (χ4v) is 3.67. The summed E-state index contributed by atoms with van der Waals surface area (Å²) >= 11 is 0. The second-order valence-corrected chi connectivity index (χ2v) is 8.02. The van der Waals surface area contributed by atoms with Gasteiger partial charge >= 0.3 is 0 Å². The predicted molar refractivity (Wildman–Crippen MR) is 117 cm³/mol. The fourth-order valence-electron chi connectivity index (χ4n) is 3.67. The Morgan fingerprint density at radius 2 is 1.87 bits per heavy atom. The lowest BCUT2D eigenvalue weighted by molar-refractivity contribution is -0.132. The van der Waals surface area contributed by atoms with E-state index >= 15 is 0 Å². The van der Waals surface area contributed by atoms with Crippen LogP contribution < -0.4 is 5.56 Å². The number of para-hydroxylation sites is 1. The van der Waals surface area contributed by atoms with Crippen LogP contribution in [0.2, 0.25) is 0 Å². The van der Waals surface area contributed by atoms with Crippen LogP contribution in [0, 0.1) is 13.8 Å². The minimum absolute atomic E-state index is 0.0401. The number of hydrogen-bond acceptors (Lipinski definition) is 4. The summed E-state index contributed by atoms with van der Waals surface area (Å²) in [6.45, 7) is 8.25. The van der Waals surface area contributed by atoms with Crippen LogP contribution in [-0.4, -0.2) is 26.8 Å². The Kier molecular flexibility index (Phi) is 5.16. The fraction of sp³-hybridized carbons (Fsp3) is 0.292. The molecule has 0 fully saturated rings. The Bertz CT molecular complexity index is 1300. The summed E-state index contributed by atoms with van der Waals surface area (Å²) < 4.78 is 5.68. The number of hydrogen-bond donors (Lipinski definition) is 1. The number of aromatic nitrogens is 2. The van der Waals surface area contributed by atoms with Crippen molar-refractivity contribution in [1.82, 2.24) is 14.9 Å². The third kappa shape index (κ3) is 3.73. The van der Waals surface area contributed by atoms with E-state index in [2.05, 4.69) is 23.0 Å². The summed E-state index contributed by atoms with van der Waals surface area (Å²) in [7, 11) is 0. The molecule has 154 valence electrons. The van der Waals surface area contributed by atoms with E-state index in [-0.39, 0.29) is 30.5 Å². The van der Waals surface area contributed by atoms with Gasteiger partial charge in [-0.25, -0.2) is 4.98 Å². The van der Waals surface area contributed by atoms with Crippen LogP contribution in [0.15, 0.2) is 51.9 Å². The summed E-state index contributed by atoms with van der Waals surface area (Å²) in [6.07, 6.45) is 1.89. The number of aryl methyl sites for hydroxylation is 2. The van der Waals surface area contributed by atoms with Crippen molar-refractivity contribution < 1.29 is 9.21 Å². The molecule has 0 radical (unpaired) electrons. The zero-order valence-corrected chi connectivity index (χ0v) is 17.7. The maximum atomic E-state index is 13.2. The number of carbonyl (C=O) groups excluding carboxylic acids is 1. The molecule has 0 saturated carbocycles. The first-order chi connectivity index (χ1) is 14.3. The van der Waals surface area contributed by atoms with Gasteiger partial charge in [-0.1, -0.05) is 12.1 Å². The molecule has 2 aromatic heterocycles. The Hall–Kier alpha value is -3.41. The average molecular weight is 403 g/mol. The first-order valence-electron chi connectivity index (χ1n) is 10.1. The highest BCUT2D eigenvalue weighted by Crippen LogP contribution is 2.26. The van der Waals surface area contributed by atoms with Crippen molar-refractivity contribution in [3.05, 3.63) is 75.5 Å². The molecule has 30 heavy (non-hydrogen) atoms. The summed E-state index contributed by atoms with van der Waals surface area (Å²) in [5.74, 6) is 0.436. The lowest BCUT2D eigenvalue weighted by atomic mass is 10.0. The molecule has 4 rings (SSSR count). The maximum Gasteiger partial charge on any atom is 0.258 e. The van der Waals surface area contributed by atoms with Gasteiger partial charge in [0.25, 0.3) is 5.56 Å². The van der Waals surface area contributed by atoms with Crippen molar-refractivity contribution >= 4 is 27.8 Å². The van der Waals surface area contributed by atoms with E-state index in [1.165, 1.54) is 0 Å². The highest BCUT2D eigenvalue weighted by Gasteiger charge is 2.21. The second-order valence-electron chi connectivity index (χ2n) is 8.02. The molecule has 0 unspecified atom stereocenters. The zero-order valence-electron chi connectivity index (χ0n) is 17.7. The standard InChI is InChI=1S/C24H25N3O3/c1-14(2)27(12-22-25-20-8-6-5-7-18(20)24(29)26-22)23(28)11-17-13-30-21-10-16(4)15(3)9-19(17)21/h5-10,13-14H,11-12H2,1-4H3,(H,25,26,29). The van der Waals surface area contributed by atoms with Gasteiger partial charge in [-0.15, -0.1) is 0 Å². The minimum atomic E-state index is -0.196. The van der Waals surface area contributed by atoms with Crippen LogP contribution in [0.3, 0.4) is 0 Å². The van der Waals surface area contributed by atoms with Crippen LogP contribution in [-0.2, 0) is 17.8 Å². The number of aromatic amines is 1. The van der Waals surface area contributed by atoms with Gasteiger partial charge in [0.2, 0.25) is 5.91 Å². The Balaban J connectivity index is 1.61. The quantitative estimate of drug-likeness (QED) is 0.540. The molecule has 1 N–H and O–H groups in total. The van der Waals surface area contributed by atoms with Crippen molar-refractivity contribution in [3.63, 3.8) is 0 Å². The molecule has 2 heterocycles. The molecule has 0 aliphatic rings. The largest absolute Gasteiger partial charge is 0.464 e. The maximum absolute atomic E-state index is 13.2. The minimum Gasteiger partial charge on any atom is -0.464 e. The summed E-state index contributed by atoms with van der Waals surface area (Å²) in [4.78, 5) is 34.6. The van der Waals surface area contributed by atoms with Crippen molar-refractivity contribution in [3.8, 4) is 0 Å². The predicted octanol–water partition coefficient (Wildman–Crippen LogP) is 4.27. The number of H-pyrrole nitrogens is 1. The monoisotopic (exact) mass is 403 g/mol. The van der Waals surface area contributed by atoms with Gasteiger partial charge in [-0.2, -0.15) is 0 Å². The number of rotatable bonds is 5. The van der Waals surface area contributed by atoms with E-state index in [0.717, 1.165) is 27.7 Å². The third-order valence-electron chi connectivity index (χ3n) is 5.54. The van der Waals surface area contributed by atoms with E-state index in [9.17, 15) is 9.59 Å². The lowest BCUT2D eigenvalue weighted by Crippen LogP contribution is -2.38. The van der Waals surface area contributed by atoms with Gasteiger partial charge in [0.05, 0.1) is 30.1 Å². The average Bonchev–Trinajstić information content (AvgIpc) is 3.07. The summed E-state index contributed by atoms with van der Waals surface area (Å²) in [6, 6.07) is 11.2. The molecule has 6 heteroatoms. The number of amides is 1. The first kappa shape index (κ1) is 19.9. The highest BCUT2D eigenvalue weighted by molar-refractivity contribution is 5.88. The Morgan fingerprint density at radius 1 is 1.13 bits per heavy atom. The molecule has 1 amide bonds. The smallest absolute Gasteiger partial charge is 0.258 e. The molecule has 6 nitrogen and oxygen atoms in total. The van der Waals surface area contributed by atoms with Crippen LogP contribution in [0.1, 0.15) is 36.4 Å². The van der Waals surface area contributed by atoms with Gasteiger partial charge in [0.15, 0.2) is 0 Å². The van der Waals surface area contributed by atoms with Gasteiger partial charge < -0.3 is 14.3 Å². The summed E-state index contributed by atoms with van der Waals surface area (Å²) in [5, 5.41) is 1.51. The van der Waals surface area contributed by atoms with E-state index < -0.39 is 0 Å². The molecule has 2 aromatic carbocycles. The molecule has 0 aliphatic heterocycles. The van der Waals surface area contributed by atoms with E-state index in [1.54, 1.807) is 29.4 Å². The highest BCUT2D eigenvalue weighted by atomic mass is 16.3. The number of benzene rings is 2. The number of furan rings is 1. The molecular formula is C24H25N3O3. The molecule has 0 saturated heterocycles. The van der Waals surface area contributed by atoms with Crippen LogP contribution in [0.4, 0.5) is 0 Å². The molecule has 0 bridgehead atoms. The van der Waals surface area contributed by atoms with Crippen LogP contribution in [0.5, 0.6) is 0 Å².